The minimum Gasteiger partial charge on any atom is -0.495 e. The molecule has 5 rings (SSSR count). The standard InChI is InChI=1S/C32H35F3N6O3/c1-4-40-12-14-41(15-13-40)11-10-36-27-19-26-25(18-29(27)43-3)31(38-20-37-26)44-28-16-22(9-8-21(28)2)30(42)39-24-7-5-6-23(17-24)32(33,34)35/h5-9,16-20,36H,4,10-15H2,1-3H3,(H,39,42). The molecule has 1 saturated heterocycles. The summed E-state index contributed by atoms with van der Waals surface area (Å²) in [6.45, 7) is 11.0. The molecular formula is C32H35F3N6O3. The van der Waals surface area contributed by atoms with E-state index in [1.165, 1.54) is 24.5 Å². The first kappa shape index (κ1) is 31.0. The molecule has 1 fully saturated rings. The van der Waals surface area contributed by atoms with Gasteiger partial charge in [-0.3, -0.25) is 9.69 Å². The van der Waals surface area contributed by atoms with Crippen LogP contribution in [-0.4, -0.2) is 78.6 Å². The average Bonchev–Trinajstić information content (AvgIpc) is 3.02. The Morgan fingerprint density at radius 1 is 0.977 bits per heavy atom. The lowest BCUT2D eigenvalue weighted by Crippen LogP contribution is -2.47. The van der Waals surface area contributed by atoms with Gasteiger partial charge in [0, 0.05) is 50.5 Å². The van der Waals surface area contributed by atoms with E-state index in [0.29, 0.717) is 22.4 Å². The van der Waals surface area contributed by atoms with E-state index in [1.807, 2.05) is 19.1 Å². The molecule has 4 aromatic rings. The van der Waals surface area contributed by atoms with Crippen molar-refractivity contribution >= 4 is 28.2 Å². The Bertz CT molecular complexity index is 1620. The van der Waals surface area contributed by atoms with Crippen molar-refractivity contribution in [1.82, 2.24) is 19.8 Å². The summed E-state index contributed by atoms with van der Waals surface area (Å²) in [5.74, 6) is 0.670. The summed E-state index contributed by atoms with van der Waals surface area (Å²) in [5.41, 5.74) is 1.58. The van der Waals surface area contributed by atoms with E-state index in [4.69, 9.17) is 9.47 Å². The normalized spacial score (nSPS) is 14.4. The monoisotopic (exact) mass is 608 g/mol. The molecule has 0 radical (unpaired) electrons. The second kappa shape index (κ2) is 13.5. The van der Waals surface area contributed by atoms with Gasteiger partial charge in [-0.1, -0.05) is 19.1 Å². The Hall–Kier alpha value is -4.42. The Balaban J connectivity index is 1.31. The highest BCUT2D eigenvalue weighted by molar-refractivity contribution is 6.04. The number of anilines is 2. The number of amides is 1. The predicted molar refractivity (Wildman–Crippen MR) is 164 cm³/mol. The molecule has 0 atom stereocenters. The van der Waals surface area contributed by atoms with Crippen LogP contribution < -0.4 is 20.1 Å². The fraction of sp³-hybridized carbons (Fsp3) is 0.344. The van der Waals surface area contributed by atoms with Crippen LogP contribution in [0.1, 0.15) is 28.4 Å². The van der Waals surface area contributed by atoms with E-state index < -0.39 is 17.6 Å². The van der Waals surface area contributed by atoms with Crippen molar-refractivity contribution in [2.75, 3.05) is 63.6 Å². The lowest BCUT2D eigenvalue weighted by Gasteiger charge is -2.34. The van der Waals surface area contributed by atoms with Gasteiger partial charge in [0.05, 0.1) is 29.3 Å². The van der Waals surface area contributed by atoms with Gasteiger partial charge in [0.2, 0.25) is 5.88 Å². The van der Waals surface area contributed by atoms with Crippen molar-refractivity contribution in [2.24, 2.45) is 0 Å². The van der Waals surface area contributed by atoms with E-state index >= 15 is 0 Å². The Kier molecular flexibility index (Phi) is 9.50. The Labute approximate surface area is 254 Å². The number of halogens is 3. The zero-order chi connectivity index (χ0) is 31.3. The molecule has 0 spiro atoms. The molecule has 1 amide bonds. The maximum Gasteiger partial charge on any atom is 0.416 e. The smallest absolute Gasteiger partial charge is 0.416 e. The molecular weight excluding hydrogens is 573 g/mol. The number of benzene rings is 3. The number of nitrogens with zero attached hydrogens (tertiary/aromatic N) is 4. The van der Waals surface area contributed by atoms with Crippen molar-refractivity contribution in [3.8, 4) is 17.4 Å². The third kappa shape index (κ3) is 7.37. The summed E-state index contributed by atoms with van der Waals surface area (Å²) in [6.07, 6.45) is -3.11. The number of piperazine rings is 1. The molecule has 2 heterocycles. The predicted octanol–water partition coefficient (Wildman–Crippen LogP) is 6.06. The number of carbonyl (C=O) groups excluding carboxylic acids is 1. The van der Waals surface area contributed by atoms with Crippen LogP contribution in [0, 0.1) is 6.92 Å². The van der Waals surface area contributed by atoms with E-state index in [-0.39, 0.29) is 17.1 Å². The first-order valence-electron chi connectivity index (χ1n) is 14.4. The maximum absolute atomic E-state index is 13.1. The maximum atomic E-state index is 13.1. The topological polar surface area (TPSA) is 91.9 Å². The molecule has 1 aliphatic rings. The zero-order valence-electron chi connectivity index (χ0n) is 24.9. The van der Waals surface area contributed by atoms with Gasteiger partial charge >= 0.3 is 6.18 Å². The van der Waals surface area contributed by atoms with Gasteiger partial charge in [0.15, 0.2) is 0 Å². The summed E-state index contributed by atoms with van der Waals surface area (Å²) in [6, 6.07) is 13.0. The molecule has 0 saturated carbocycles. The van der Waals surface area contributed by atoms with Gasteiger partial charge in [-0.25, -0.2) is 9.97 Å². The molecule has 44 heavy (non-hydrogen) atoms. The molecule has 12 heteroatoms. The Morgan fingerprint density at radius 3 is 2.48 bits per heavy atom. The van der Waals surface area contributed by atoms with Gasteiger partial charge < -0.3 is 25.0 Å². The van der Waals surface area contributed by atoms with E-state index in [1.54, 1.807) is 19.2 Å². The van der Waals surface area contributed by atoms with E-state index in [0.717, 1.165) is 69.2 Å². The number of carbonyl (C=O) groups is 1. The minimum atomic E-state index is -4.52. The number of ether oxygens (including phenoxy) is 2. The number of rotatable bonds is 10. The van der Waals surface area contributed by atoms with Crippen LogP contribution in [0.2, 0.25) is 0 Å². The van der Waals surface area contributed by atoms with Crippen molar-refractivity contribution in [3.05, 3.63) is 77.6 Å². The third-order valence-electron chi connectivity index (χ3n) is 7.68. The van der Waals surface area contributed by atoms with Crippen molar-refractivity contribution in [2.45, 2.75) is 20.0 Å². The van der Waals surface area contributed by atoms with Crippen LogP contribution >= 0.6 is 0 Å². The zero-order valence-corrected chi connectivity index (χ0v) is 24.9. The van der Waals surface area contributed by atoms with Crippen molar-refractivity contribution in [3.63, 3.8) is 0 Å². The molecule has 0 unspecified atom stereocenters. The lowest BCUT2D eigenvalue weighted by molar-refractivity contribution is -0.137. The van der Waals surface area contributed by atoms with E-state index in [2.05, 4.69) is 37.3 Å². The van der Waals surface area contributed by atoms with Gasteiger partial charge in [0.1, 0.15) is 17.8 Å². The first-order chi connectivity index (χ1) is 21.1. The summed E-state index contributed by atoms with van der Waals surface area (Å²) in [5, 5.41) is 6.61. The van der Waals surface area contributed by atoms with Crippen LogP contribution in [-0.2, 0) is 6.18 Å². The highest BCUT2D eigenvalue weighted by Gasteiger charge is 2.30. The molecule has 1 aliphatic heterocycles. The van der Waals surface area contributed by atoms with Gasteiger partial charge in [-0.05, 0) is 61.5 Å². The summed E-state index contributed by atoms with van der Waals surface area (Å²) >= 11 is 0. The van der Waals surface area contributed by atoms with E-state index in [9.17, 15) is 18.0 Å². The van der Waals surface area contributed by atoms with Crippen molar-refractivity contribution in [1.29, 1.82) is 0 Å². The van der Waals surface area contributed by atoms with Crippen LogP contribution in [0.3, 0.4) is 0 Å². The quantitative estimate of drug-likeness (QED) is 0.225. The molecule has 3 aromatic carbocycles. The fourth-order valence-electron chi connectivity index (χ4n) is 5.06. The summed E-state index contributed by atoms with van der Waals surface area (Å²) in [7, 11) is 1.59. The number of aromatic nitrogens is 2. The number of methoxy groups -OCH3 is 1. The van der Waals surface area contributed by atoms with Crippen LogP contribution in [0.25, 0.3) is 10.9 Å². The molecule has 1 aromatic heterocycles. The number of alkyl halides is 3. The van der Waals surface area contributed by atoms with Gasteiger partial charge in [-0.15, -0.1) is 0 Å². The number of nitrogens with one attached hydrogen (secondary N) is 2. The summed E-state index contributed by atoms with van der Waals surface area (Å²) < 4.78 is 51.2. The second-order valence-corrected chi connectivity index (χ2v) is 10.6. The van der Waals surface area contributed by atoms with Gasteiger partial charge in [-0.2, -0.15) is 13.2 Å². The van der Waals surface area contributed by atoms with Crippen LogP contribution in [0.4, 0.5) is 24.5 Å². The second-order valence-electron chi connectivity index (χ2n) is 10.6. The third-order valence-corrected chi connectivity index (χ3v) is 7.68. The first-order valence-corrected chi connectivity index (χ1v) is 14.4. The molecule has 0 bridgehead atoms. The van der Waals surface area contributed by atoms with Crippen LogP contribution in [0.5, 0.6) is 17.4 Å². The summed E-state index contributed by atoms with van der Waals surface area (Å²) in [4.78, 5) is 26.6. The largest absolute Gasteiger partial charge is 0.495 e. The molecule has 9 nitrogen and oxygen atoms in total. The number of hydrogen-bond donors (Lipinski definition) is 2. The number of fused-ring (bicyclic) bond motifs is 1. The number of likely N-dealkylation sites (N-methyl/N-ethyl adjacent to an activating group) is 1. The fourth-order valence-corrected chi connectivity index (χ4v) is 5.06. The van der Waals surface area contributed by atoms with Crippen LogP contribution in [0.15, 0.2) is 60.9 Å². The SMILES string of the molecule is CCN1CCN(CCNc2cc3ncnc(Oc4cc(C(=O)Nc5cccc(C(F)(F)F)c5)ccc4C)c3cc2OC)CC1. The molecule has 0 aliphatic carbocycles. The molecule has 232 valence electrons. The highest BCUT2D eigenvalue weighted by atomic mass is 19.4. The van der Waals surface area contributed by atoms with Gasteiger partial charge in [0.25, 0.3) is 5.91 Å². The minimum absolute atomic E-state index is 0.0326. The lowest BCUT2D eigenvalue weighted by atomic mass is 10.1. The Morgan fingerprint density at radius 2 is 1.75 bits per heavy atom. The van der Waals surface area contributed by atoms with Crippen molar-refractivity contribution < 1.29 is 27.4 Å². The average molecular weight is 609 g/mol. The number of hydrogen-bond acceptors (Lipinski definition) is 8. The molecule has 2 N–H and O–H groups in total. The highest BCUT2D eigenvalue weighted by Crippen LogP contribution is 2.36. The number of aryl methyl sites for hydroxylation is 1.